The van der Waals surface area contributed by atoms with Crippen molar-refractivity contribution in [1.82, 2.24) is 10.9 Å². The van der Waals surface area contributed by atoms with Crippen LogP contribution in [-0.4, -0.2) is 37.8 Å². The Morgan fingerprint density at radius 3 is 2.41 bits per heavy atom. The van der Waals surface area contributed by atoms with Gasteiger partial charge in [-0.3, -0.25) is 20.4 Å². The number of halogens is 1. The van der Waals surface area contributed by atoms with E-state index in [1.807, 2.05) is 6.26 Å². The van der Waals surface area contributed by atoms with Crippen LogP contribution in [0.1, 0.15) is 20.7 Å². The number of methoxy groups -OCH3 is 1. The topological polar surface area (TPSA) is 93.7 Å². The monoisotopic (exact) mass is 408 g/mol. The average molecular weight is 409 g/mol. The van der Waals surface area contributed by atoms with E-state index in [9.17, 15) is 14.4 Å². The number of ether oxygens (including phenoxy) is 2. The standard InChI is InChI=1S/C18H17ClN2O5S/c1-25-15-9-13(27-2)7-8-14(15)18(24)26-10-16(22)20-21-17(23)11-3-5-12(19)6-4-11/h3-9H,10H2,1-2H3,(H,20,22)(H,21,23). The summed E-state index contributed by atoms with van der Waals surface area (Å²) in [5.41, 5.74) is 4.90. The summed E-state index contributed by atoms with van der Waals surface area (Å²) in [4.78, 5) is 36.7. The van der Waals surface area contributed by atoms with Crippen LogP contribution in [0.4, 0.5) is 0 Å². The molecular weight excluding hydrogens is 392 g/mol. The van der Waals surface area contributed by atoms with E-state index in [4.69, 9.17) is 21.1 Å². The minimum absolute atomic E-state index is 0.202. The van der Waals surface area contributed by atoms with Gasteiger partial charge in [0.05, 0.1) is 7.11 Å². The van der Waals surface area contributed by atoms with E-state index < -0.39 is 24.4 Å². The zero-order valence-corrected chi connectivity index (χ0v) is 16.1. The molecule has 0 saturated carbocycles. The molecule has 142 valence electrons. The van der Waals surface area contributed by atoms with Gasteiger partial charge in [-0.05, 0) is 48.7 Å². The molecule has 0 saturated heterocycles. The Hall–Kier alpha value is -2.71. The molecule has 2 N–H and O–H groups in total. The molecule has 0 aliphatic heterocycles. The number of hydrogen-bond donors (Lipinski definition) is 2. The van der Waals surface area contributed by atoms with Crippen LogP contribution in [0.2, 0.25) is 5.02 Å². The van der Waals surface area contributed by atoms with E-state index in [0.29, 0.717) is 16.3 Å². The summed E-state index contributed by atoms with van der Waals surface area (Å²) in [6.45, 7) is -0.562. The van der Waals surface area contributed by atoms with Crippen LogP contribution < -0.4 is 15.6 Å². The number of thioether (sulfide) groups is 1. The fourth-order valence-corrected chi connectivity index (χ4v) is 2.57. The molecule has 0 atom stereocenters. The molecule has 0 unspecified atom stereocenters. The van der Waals surface area contributed by atoms with Gasteiger partial charge in [-0.1, -0.05) is 11.6 Å². The maximum atomic E-state index is 12.1. The van der Waals surface area contributed by atoms with Crippen molar-refractivity contribution in [2.24, 2.45) is 0 Å². The molecule has 0 bridgehead atoms. The average Bonchev–Trinajstić information content (AvgIpc) is 2.70. The molecule has 0 spiro atoms. The van der Waals surface area contributed by atoms with Crippen molar-refractivity contribution in [2.75, 3.05) is 20.0 Å². The van der Waals surface area contributed by atoms with Crippen molar-refractivity contribution >= 4 is 41.1 Å². The largest absolute Gasteiger partial charge is 0.496 e. The lowest BCUT2D eigenvalue weighted by molar-refractivity contribution is -0.125. The molecule has 0 aromatic heterocycles. The fraction of sp³-hybridized carbons (Fsp3) is 0.167. The molecule has 0 radical (unpaired) electrons. The summed E-state index contributed by atoms with van der Waals surface area (Å²) in [6.07, 6.45) is 1.90. The summed E-state index contributed by atoms with van der Waals surface area (Å²) >= 11 is 7.25. The Morgan fingerprint density at radius 1 is 1.07 bits per heavy atom. The third-order valence-corrected chi connectivity index (χ3v) is 4.36. The highest BCUT2D eigenvalue weighted by atomic mass is 35.5. The summed E-state index contributed by atoms with van der Waals surface area (Å²) in [6, 6.07) is 11.1. The van der Waals surface area contributed by atoms with Crippen LogP contribution >= 0.6 is 23.4 Å². The molecule has 0 aliphatic rings. The molecule has 0 aliphatic carbocycles. The Morgan fingerprint density at radius 2 is 1.78 bits per heavy atom. The molecule has 0 fully saturated rings. The van der Waals surface area contributed by atoms with Crippen molar-refractivity contribution in [3.8, 4) is 5.75 Å². The maximum absolute atomic E-state index is 12.1. The predicted molar refractivity (Wildman–Crippen MR) is 102 cm³/mol. The van der Waals surface area contributed by atoms with Crippen molar-refractivity contribution in [1.29, 1.82) is 0 Å². The number of nitrogens with one attached hydrogen (secondary N) is 2. The summed E-state index contributed by atoms with van der Waals surface area (Å²) in [5, 5.41) is 0.489. The van der Waals surface area contributed by atoms with E-state index in [-0.39, 0.29) is 5.56 Å². The van der Waals surface area contributed by atoms with Crippen molar-refractivity contribution < 1.29 is 23.9 Å². The zero-order chi connectivity index (χ0) is 19.8. The highest BCUT2D eigenvalue weighted by Crippen LogP contribution is 2.25. The minimum Gasteiger partial charge on any atom is -0.496 e. The zero-order valence-electron chi connectivity index (χ0n) is 14.6. The van der Waals surface area contributed by atoms with Crippen LogP contribution in [0.15, 0.2) is 47.4 Å². The van der Waals surface area contributed by atoms with Crippen LogP contribution in [0.25, 0.3) is 0 Å². The first-order chi connectivity index (χ1) is 12.9. The molecule has 2 amide bonds. The smallest absolute Gasteiger partial charge is 0.342 e. The van der Waals surface area contributed by atoms with Gasteiger partial charge >= 0.3 is 5.97 Å². The van der Waals surface area contributed by atoms with E-state index >= 15 is 0 Å². The van der Waals surface area contributed by atoms with E-state index in [2.05, 4.69) is 10.9 Å². The third-order valence-electron chi connectivity index (χ3n) is 3.38. The fourth-order valence-electron chi connectivity index (χ4n) is 2.01. The highest BCUT2D eigenvalue weighted by Gasteiger charge is 2.16. The molecule has 9 heteroatoms. The second kappa shape index (κ2) is 9.84. The Kier molecular flexibility index (Phi) is 7.51. The molecule has 27 heavy (non-hydrogen) atoms. The molecule has 0 heterocycles. The van der Waals surface area contributed by atoms with Gasteiger partial charge < -0.3 is 9.47 Å². The number of amides is 2. The predicted octanol–water partition coefficient (Wildman–Crippen LogP) is 2.69. The number of esters is 1. The molecule has 2 aromatic rings. The maximum Gasteiger partial charge on any atom is 0.342 e. The molecule has 7 nitrogen and oxygen atoms in total. The van der Waals surface area contributed by atoms with Gasteiger partial charge in [0.2, 0.25) is 0 Å². The number of carbonyl (C=O) groups is 3. The van der Waals surface area contributed by atoms with Crippen LogP contribution in [0.5, 0.6) is 5.75 Å². The first-order valence-corrected chi connectivity index (χ1v) is 9.28. The summed E-state index contributed by atoms with van der Waals surface area (Å²) < 4.78 is 10.1. The number of benzene rings is 2. The Bertz CT molecular complexity index is 842. The van der Waals surface area contributed by atoms with E-state index in [1.165, 1.54) is 31.0 Å². The number of carbonyl (C=O) groups excluding carboxylic acids is 3. The van der Waals surface area contributed by atoms with Crippen molar-refractivity contribution in [3.63, 3.8) is 0 Å². The van der Waals surface area contributed by atoms with Gasteiger partial charge in [0.1, 0.15) is 11.3 Å². The number of hydrogen-bond acceptors (Lipinski definition) is 6. The van der Waals surface area contributed by atoms with Crippen molar-refractivity contribution in [2.45, 2.75) is 4.90 Å². The number of hydrazine groups is 1. The molecular formula is C18H17ClN2O5S. The third kappa shape index (κ3) is 5.90. The van der Waals surface area contributed by atoms with E-state index in [1.54, 1.807) is 30.3 Å². The van der Waals surface area contributed by atoms with Gasteiger partial charge in [0, 0.05) is 15.5 Å². The Balaban J connectivity index is 1.85. The second-order valence-electron chi connectivity index (χ2n) is 5.15. The second-order valence-corrected chi connectivity index (χ2v) is 6.47. The summed E-state index contributed by atoms with van der Waals surface area (Å²) in [5.74, 6) is -1.58. The highest BCUT2D eigenvalue weighted by molar-refractivity contribution is 7.98. The van der Waals surface area contributed by atoms with Crippen LogP contribution in [0.3, 0.4) is 0 Å². The lowest BCUT2D eigenvalue weighted by atomic mass is 10.2. The minimum atomic E-state index is -0.710. The quantitative estimate of drug-likeness (QED) is 0.433. The first kappa shape index (κ1) is 20.6. The van der Waals surface area contributed by atoms with Gasteiger partial charge in [-0.25, -0.2) is 4.79 Å². The first-order valence-electron chi connectivity index (χ1n) is 7.68. The molecule has 2 aromatic carbocycles. The lowest BCUT2D eigenvalue weighted by Gasteiger charge is -2.11. The van der Waals surface area contributed by atoms with Gasteiger partial charge in [-0.2, -0.15) is 0 Å². The van der Waals surface area contributed by atoms with Gasteiger partial charge in [-0.15, -0.1) is 11.8 Å². The Labute approximate surface area is 165 Å². The van der Waals surface area contributed by atoms with Crippen molar-refractivity contribution in [3.05, 3.63) is 58.6 Å². The van der Waals surface area contributed by atoms with Crippen LogP contribution in [-0.2, 0) is 9.53 Å². The van der Waals surface area contributed by atoms with Gasteiger partial charge in [0.15, 0.2) is 6.61 Å². The van der Waals surface area contributed by atoms with Crippen LogP contribution in [0, 0.1) is 0 Å². The number of rotatable bonds is 6. The lowest BCUT2D eigenvalue weighted by Crippen LogP contribution is -2.43. The molecule has 2 rings (SSSR count). The van der Waals surface area contributed by atoms with E-state index in [0.717, 1.165) is 4.90 Å². The van der Waals surface area contributed by atoms with Gasteiger partial charge in [0.25, 0.3) is 11.8 Å². The summed E-state index contributed by atoms with van der Waals surface area (Å²) in [7, 11) is 1.44. The normalized spacial score (nSPS) is 10.0. The SMILES string of the molecule is COc1cc(SC)ccc1C(=O)OCC(=O)NNC(=O)c1ccc(Cl)cc1.